The Kier molecular flexibility index (Phi) is 5.96. The van der Waals surface area contributed by atoms with Gasteiger partial charge in [0.25, 0.3) is 5.91 Å². The van der Waals surface area contributed by atoms with Crippen molar-refractivity contribution in [3.05, 3.63) is 53.6 Å². The van der Waals surface area contributed by atoms with Gasteiger partial charge in [0.05, 0.1) is 6.04 Å². The van der Waals surface area contributed by atoms with Crippen LogP contribution in [0.2, 0.25) is 0 Å². The maximum Gasteiger partial charge on any atom is 0.258 e. The smallest absolute Gasteiger partial charge is 0.258 e. The molecule has 2 aromatic rings. The number of carbonyl (C=O) groups is 2. The van der Waals surface area contributed by atoms with E-state index in [0.29, 0.717) is 36.7 Å². The molecule has 1 N–H and O–H groups in total. The topological polar surface area (TPSA) is 73.9 Å². The van der Waals surface area contributed by atoms with Crippen LogP contribution in [0.15, 0.2) is 42.5 Å². The van der Waals surface area contributed by atoms with Crippen LogP contribution in [0.5, 0.6) is 17.2 Å². The fraction of sp³-hybridized carbons (Fsp3) is 0.333. The molecule has 1 atom stereocenters. The maximum atomic E-state index is 12.2. The molecule has 1 unspecified atom stereocenters. The van der Waals surface area contributed by atoms with Crippen LogP contribution in [0.25, 0.3) is 0 Å². The molecule has 2 aromatic carbocycles. The third-order valence-corrected chi connectivity index (χ3v) is 4.31. The lowest BCUT2D eigenvalue weighted by molar-refractivity contribution is -0.123. The van der Waals surface area contributed by atoms with Gasteiger partial charge in [-0.05, 0) is 48.9 Å². The summed E-state index contributed by atoms with van der Waals surface area (Å²) < 4.78 is 16.6. The molecule has 27 heavy (non-hydrogen) atoms. The number of rotatable bonds is 7. The van der Waals surface area contributed by atoms with Gasteiger partial charge in [0.2, 0.25) is 0 Å². The fourth-order valence-corrected chi connectivity index (χ4v) is 2.79. The molecule has 6 heteroatoms. The predicted octanol–water partition coefficient (Wildman–Crippen LogP) is 3.31. The summed E-state index contributed by atoms with van der Waals surface area (Å²) in [5, 5.41) is 2.90. The van der Waals surface area contributed by atoms with Gasteiger partial charge < -0.3 is 19.5 Å². The molecule has 6 nitrogen and oxygen atoms in total. The molecule has 0 radical (unpaired) electrons. The van der Waals surface area contributed by atoms with Gasteiger partial charge in [0.1, 0.15) is 19.0 Å². The van der Waals surface area contributed by atoms with Crippen molar-refractivity contribution in [3.8, 4) is 17.2 Å². The van der Waals surface area contributed by atoms with Crippen LogP contribution in [0.1, 0.15) is 42.2 Å². The van der Waals surface area contributed by atoms with Crippen LogP contribution in [0, 0.1) is 0 Å². The minimum Gasteiger partial charge on any atom is -0.486 e. The summed E-state index contributed by atoms with van der Waals surface area (Å²) in [6.07, 6.45) is 0.459. The Morgan fingerprint density at radius 2 is 1.78 bits per heavy atom. The minimum absolute atomic E-state index is 0.0764. The number of ketones is 1. The van der Waals surface area contributed by atoms with E-state index in [1.165, 1.54) is 0 Å². The Morgan fingerprint density at radius 3 is 2.48 bits per heavy atom. The molecule has 0 aliphatic carbocycles. The summed E-state index contributed by atoms with van der Waals surface area (Å²) in [7, 11) is 0. The number of ether oxygens (including phenoxy) is 3. The molecule has 3 rings (SSSR count). The molecule has 1 aliphatic rings. The molecule has 0 aromatic heterocycles. The summed E-state index contributed by atoms with van der Waals surface area (Å²) in [6, 6.07) is 12.2. The Labute approximate surface area is 158 Å². The van der Waals surface area contributed by atoms with Gasteiger partial charge in [-0.15, -0.1) is 0 Å². The second-order valence-electron chi connectivity index (χ2n) is 6.28. The van der Waals surface area contributed by atoms with Crippen molar-refractivity contribution >= 4 is 11.7 Å². The highest BCUT2D eigenvalue weighted by molar-refractivity contribution is 5.95. The van der Waals surface area contributed by atoms with E-state index in [9.17, 15) is 9.59 Å². The van der Waals surface area contributed by atoms with E-state index in [-0.39, 0.29) is 24.3 Å². The van der Waals surface area contributed by atoms with Gasteiger partial charge in [-0.3, -0.25) is 9.59 Å². The average molecular weight is 369 g/mol. The van der Waals surface area contributed by atoms with Crippen molar-refractivity contribution < 1.29 is 23.8 Å². The molecule has 0 spiro atoms. The van der Waals surface area contributed by atoms with Gasteiger partial charge in [0.15, 0.2) is 23.9 Å². The Bertz CT molecular complexity index is 816. The van der Waals surface area contributed by atoms with Gasteiger partial charge in [0, 0.05) is 12.0 Å². The summed E-state index contributed by atoms with van der Waals surface area (Å²) in [5.74, 6) is 1.80. The monoisotopic (exact) mass is 369 g/mol. The number of Topliss-reactive ketones (excluding diaryl/α,β-unsaturated/α-hetero) is 1. The molecule has 0 bridgehead atoms. The first-order chi connectivity index (χ1) is 13.1. The Balaban J connectivity index is 1.52. The van der Waals surface area contributed by atoms with E-state index < -0.39 is 0 Å². The molecule has 142 valence electrons. The van der Waals surface area contributed by atoms with Crippen molar-refractivity contribution in [2.24, 2.45) is 0 Å². The van der Waals surface area contributed by atoms with E-state index in [1.807, 2.05) is 32.0 Å². The lowest BCUT2D eigenvalue weighted by atomic mass is 10.1. The van der Waals surface area contributed by atoms with E-state index >= 15 is 0 Å². The van der Waals surface area contributed by atoms with Crippen LogP contribution in [-0.2, 0) is 4.79 Å². The highest BCUT2D eigenvalue weighted by Gasteiger charge is 2.16. The number of hydrogen-bond donors (Lipinski definition) is 1. The zero-order valence-corrected chi connectivity index (χ0v) is 15.5. The number of benzene rings is 2. The van der Waals surface area contributed by atoms with Crippen LogP contribution >= 0.6 is 0 Å². The maximum absolute atomic E-state index is 12.2. The number of amides is 1. The number of fused-ring (bicyclic) bond motifs is 1. The summed E-state index contributed by atoms with van der Waals surface area (Å²) in [6.45, 7) is 4.68. The summed E-state index contributed by atoms with van der Waals surface area (Å²) in [5.41, 5.74) is 1.57. The molecule has 1 heterocycles. The summed E-state index contributed by atoms with van der Waals surface area (Å²) >= 11 is 0. The van der Waals surface area contributed by atoms with Crippen molar-refractivity contribution in [1.29, 1.82) is 0 Å². The number of carbonyl (C=O) groups excluding carboxylic acids is 2. The molecule has 1 aliphatic heterocycles. The molecular formula is C21H23NO5. The molecular weight excluding hydrogens is 346 g/mol. The fourth-order valence-electron chi connectivity index (χ4n) is 2.79. The second kappa shape index (κ2) is 8.58. The van der Waals surface area contributed by atoms with Crippen molar-refractivity contribution in [2.45, 2.75) is 26.3 Å². The highest BCUT2D eigenvalue weighted by atomic mass is 16.6. The molecule has 0 fully saturated rings. The van der Waals surface area contributed by atoms with Crippen LogP contribution in [0.3, 0.4) is 0 Å². The van der Waals surface area contributed by atoms with Crippen molar-refractivity contribution in [2.75, 3.05) is 19.8 Å². The van der Waals surface area contributed by atoms with Crippen LogP contribution < -0.4 is 19.5 Å². The Morgan fingerprint density at radius 1 is 1.07 bits per heavy atom. The predicted molar refractivity (Wildman–Crippen MR) is 101 cm³/mol. The molecule has 0 saturated carbocycles. The first-order valence-electron chi connectivity index (χ1n) is 9.01. The van der Waals surface area contributed by atoms with E-state index in [4.69, 9.17) is 14.2 Å². The zero-order chi connectivity index (χ0) is 19.2. The first kappa shape index (κ1) is 18.8. The minimum atomic E-state index is -0.230. The van der Waals surface area contributed by atoms with Gasteiger partial charge in [-0.25, -0.2) is 0 Å². The summed E-state index contributed by atoms with van der Waals surface area (Å²) in [4.78, 5) is 23.8. The third-order valence-electron chi connectivity index (χ3n) is 4.31. The zero-order valence-electron chi connectivity index (χ0n) is 15.5. The van der Waals surface area contributed by atoms with E-state index in [2.05, 4.69) is 5.32 Å². The highest BCUT2D eigenvalue weighted by Crippen LogP contribution is 2.32. The third kappa shape index (κ3) is 4.78. The molecule has 0 saturated heterocycles. The second-order valence-corrected chi connectivity index (χ2v) is 6.28. The first-order valence-corrected chi connectivity index (χ1v) is 9.01. The van der Waals surface area contributed by atoms with E-state index in [0.717, 1.165) is 11.3 Å². The van der Waals surface area contributed by atoms with Gasteiger partial charge >= 0.3 is 0 Å². The largest absolute Gasteiger partial charge is 0.486 e. The average Bonchev–Trinajstić information content (AvgIpc) is 2.71. The van der Waals surface area contributed by atoms with Crippen molar-refractivity contribution in [1.82, 2.24) is 5.32 Å². The lowest BCUT2D eigenvalue weighted by Crippen LogP contribution is -2.31. The van der Waals surface area contributed by atoms with Crippen LogP contribution in [-0.4, -0.2) is 31.5 Å². The van der Waals surface area contributed by atoms with Crippen molar-refractivity contribution in [3.63, 3.8) is 0 Å². The van der Waals surface area contributed by atoms with E-state index in [1.54, 1.807) is 24.3 Å². The SMILES string of the molecule is CCC(=O)c1ccc(OCC(=O)NC(C)c2ccc3c(c2)OCCO3)cc1. The molecule has 1 amide bonds. The van der Waals surface area contributed by atoms with Gasteiger partial charge in [-0.1, -0.05) is 13.0 Å². The Hall–Kier alpha value is -3.02. The van der Waals surface area contributed by atoms with Crippen LogP contribution in [0.4, 0.5) is 0 Å². The lowest BCUT2D eigenvalue weighted by Gasteiger charge is -2.21. The number of nitrogens with one attached hydrogen (secondary N) is 1. The van der Waals surface area contributed by atoms with Gasteiger partial charge in [-0.2, -0.15) is 0 Å². The quantitative estimate of drug-likeness (QED) is 0.758. The normalized spacial score (nSPS) is 13.6. The standard InChI is InChI=1S/C21H23NO5/c1-3-18(23)15-4-7-17(8-5-15)27-13-21(24)22-14(2)16-6-9-19-20(12-16)26-11-10-25-19/h4-9,12,14H,3,10-11,13H2,1-2H3,(H,22,24). The number of hydrogen-bond acceptors (Lipinski definition) is 5.